The molecule has 1 rings (SSSR count). The van der Waals surface area contributed by atoms with Gasteiger partial charge in [-0.05, 0) is 58.3 Å². The van der Waals surface area contributed by atoms with Crippen molar-refractivity contribution in [2.45, 2.75) is 46.1 Å². The van der Waals surface area contributed by atoms with E-state index >= 15 is 0 Å². The number of hydrogen-bond donors (Lipinski definition) is 2. The SMILES string of the molecule is CC(NC(=O)CCC1CCNC1)C(C)(C)CN(C)C. The van der Waals surface area contributed by atoms with Crippen LogP contribution in [0.3, 0.4) is 0 Å². The molecule has 4 nitrogen and oxygen atoms in total. The molecule has 2 atom stereocenters. The first-order chi connectivity index (χ1) is 8.81. The maximum Gasteiger partial charge on any atom is 0.220 e. The van der Waals surface area contributed by atoms with Gasteiger partial charge in [0.05, 0.1) is 0 Å². The molecule has 112 valence electrons. The smallest absolute Gasteiger partial charge is 0.220 e. The van der Waals surface area contributed by atoms with Crippen LogP contribution < -0.4 is 10.6 Å². The topological polar surface area (TPSA) is 44.4 Å². The number of carbonyl (C=O) groups is 1. The predicted molar refractivity (Wildman–Crippen MR) is 80.2 cm³/mol. The van der Waals surface area contributed by atoms with E-state index in [0.29, 0.717) is 12.3 Å². The Kier molecular flexibility index (Phi) is 6.27. The Balaban J connectivity index is 2.29. The molecule has 2 unspecified atom stereocenters. The van der Waals surface area contributed by atoms with Gasteiger partial charge in [0.1, 0.15) is 0 Å². The molecule has 1 aliphatic heterocycles. The average molecular weight is 269 g/mol. The number of rotatable bonds is 7. The highest BCUT2D eigenvalue weighted by molar-refractivity contribution is 5.76. The monoisotopic (exact) mass is 269 g/mol. The molecule has 1 saturated heterocycles. The lowest BCUT2D eigenvalue weighted by atomic mass is 9.84. The lowest BCUT2D eigenvalue weighted by molar-refractivity contribution is -0.122. The van der Waals surface area contributed by atoms with E-state index < -0.39 is 0 Å². The Morgan fingerprint density at radius 2 is 2.16 bits per heavy atom. The normalized spacial score (nSPS) is 21.7. The summed E-state index contributed by atoms with van der Waals surface area (Å²) in [4.78, 5) is 14.2. The van der Waals surface area contributed by atoms with E-state index in [1.807, 2.05) is 0 Å². The van der Waals surface area contributed by atoms with Gasteiger partial charge in [0.2, 0.25) is 5.91 Å². The Morgan fingerprint density at radius 3 is 2.68 bits per heavy atom. The van der Waals surface area contributed by atoms with Crippen molar-refractivity contribution in [2.24, 2.45) is 11.3 Å². The number of nitrogens with one attached hydrogen (secondary N) is 2. The third-order valence-electron chi connectivity index (χ3n) is 4.22. The second kappa shape index (κ2) is 7.25. The lowest BCUT2D eigenvalue weighted by Crippen LogP contribution is -2.47. The second-order valence-electron chi connectivity index (χ2n) is 6.91. The van der Waals surface area contributed by atoms with Gasteiger partial charge in [0, 0.05) is 19.0 Å². The van der Waals surface area contributed by atoms with E-state index in [9.17, 15) is 4.79 Å². The summed E-state index contributed by atoms with van der Waals surface area (Å²) in [5.41, 5.74) is 0.0913. The maximum absolute atomic E-state index is 12.0. The van der Waals surface area contributed by atoms with Crippen molar-refractivity contribution >= 4 is 5.91 Å². The Bertz CT molecular complexity index is 283. The van der Waals surface area contributed by atoms with Crippen molar-refractivity contribution in [2.75, 3.05) is 33.7 Å². The minimum absolute atomic E-state index is 0.0913. The van der Waals surface area contributed by atoms with Crippen LogP contribution in [-0.4, -0.2) is 50.6 Å². The summed E-state index contributed by atoms with van der Waals surface area (Å²) < 4.78 is 0. The van der Waals surface area contributed by atoms with Crippen molar-refractivity contribution in [1.29, 1.82) is 0 Å². The highest BCUT2D eigenvalue weighted by atomic mass is 16.1. The highest BCUT2D eigenvalue weighted by Gasteiger charge is 2.28. The number of amides is 1. The number of carbonyl (C=O) groups excluding carboxylic acids is 1. The van der Waals surface area contributed by atoms with E-state index in [4.69, 9.17) is 0 Å². The molecule has 1 aliphatic rings. The summed E-state index contributed by atoms with van der Waals surface area (Å²) in [7, 11) is 4.15. The van der Waals surface area contributed by atoms with Crippen molar-refractivity contribution in [3.05, 3.63) is 0 Å². The molecule has 0 aromatic carbocycles. The van der Waals surface area contributed by atoms with Crippen LogP contribution in [0.5, 0.6) is 0 Å². The fraction of sp³-hybridized carbons (Fsp3) is 0.933. The molecule has 1 heterocycles. The van der Waals surface area contributed by atoms with Crippen molar-refractivity contribution in [3.8, 4) is 0 Å². The summed E-state index contributed by atoms with van der Waals surface area (Å²) in [6.07, 6.45) is 2.89. The highest BCUT2D eigenvalue weighted by Crippen LogP contribution is 2.21. The molecule has 1 amide bonds. The zero-order valence-corrected chi connectivity index (χ0v) is 13.3. The second-order valence-corrected chi connectivity index (χ2v) is 6.91. The van der Waals surface area contributed by atoms with Gasteiger partial charge in [-0.1, -0.05) is 13.8 Å². The van der Waals surface area contributed by atoms with Crippen LogP contribution in [0.2, 0.25) is 0 Å². The number of nitrogens with zero attached hydrogens (tertiary/aromatic N) is 1. The van der Waals surface area contributed by atoms with Gasteiger partial charge < -0.3 is 15.5 Å². The molecular formula is C15H31N3O. The molecule has 19 heavy (non-hydrogen) atoms. The molecule has 0 bridgehead atoms. The summed E-state index contributed by atoms with van der Waals surface area (Å²) in [5.74, 6) is 0.891. The molecule has 0 aliphatic carbocycles. The van der Waals surface area contributed by atoms with Gasteiger partial charge in [-0.3, -0.25) is 4.79 Å². The molecule has 0 saturated carbocycles. The zero-order chi connectivity index (χ0) is 14.5. The van der Waals surface area contributed by atoms with Crippen LogP contribution in [0.15, 0.2) is 0 Å². The third kappa shape index (κ3) is 5.91. The molecule has 0 radical (unpaired) electrons. The van der Waals surface area contributed by atoms with Gasteiger partial charge in [-0.15, -0.1) is 0 Å². The lowest BCUT2D eigenvalue weighted by Gasteiger charge is -2.35. The van der Waals surface area contributed by atoms with Gasteiger partial charge in [0.25, 0.3) is 0 Å². The fourth-order valence-electron chi connectivity index (χ4n) is 2.76. The van der Waals surface area contributed by atoms with Crippen LogP contribution in [0, 0.1) is 11.3 Å². The van der Waals surface area contributed by atoms with E-state index in [1.165, 1.54) is 6.42 Å². The molecule has 2 N–H and O–H groups in total. The van der Waals surface area contributed by atoms with E-state index in [1.54, 1.807) is 0 Å². The minimum Gasteiger partial charge on any atom is -0.353 e. The fourth-order valence-corrected chi connectivity index (χ4v) is 2.76. The van der Waals surface area contributed by atoms with E-state index in [2.05, 4.69) is 50.4 Å². The Morgan fingerprint density at radius 1 is 1.47 bits per heavy atom. The number of hydrogen-bond acceptors (Lipinski definition) is 3. The molecule has 0 spiro atoms. The van der Waals surface area contributed by atoms with Crippen molar-refractivity contribution < 1.29 is 4.79 Å². The van der Waals surface area contributed by atoms with Crippen LogP contribution in [-0.2, 0) is 4.79 Å². The Hall–Kier alpha value is -0.610. The summed E-state index contributed by atoms with van der Waals surface area (Å²) in [6, 6.07) is 0.198. The maximum atomic E-state index is 12.0. The van der Waals surface area contributed by atoms with Gasteiger partial charge >= 0.3 is 0 Å². The molecule has 4 heteroatoms. The zero-order valence-electron chi connectivity index (χ0n) is 13.3. The first kappa shape index (κ1) is 16.4. The third-order valence-corrected chi connectivity index (χ3v) is 4.22. The largest absolute Gasteiger partial charge is 0.353 e. The predicted octanol–water partition coefficient (Wildman–Crippen LogP) is 1.47. The summed E-state index contributed by atoms with van der Waals surface area (Å²) in [6.45, 7) is 9.69. The van der Waals surface area contributed by atoms with Crippen molar-refractivity contribution in [3.63, 3.8) is 0 Å². The minimum atomic E-state index is 0.0913. The van der Waals surface area contributed by atoms with E-state index in [-0.39, 0.29) is 17.4 Å². The van der Waals surface area contributed by atoms with Crippen LogP contribution in [0.4, 0.5) is 0 Å². The summed E-state index contributed by atoms with van der Waals surface area (Å²) >= 11 is 0. The first-order valence-corrected chi connectivity index (χ1v) is 7.46. The molecule has 1 fully saturated rings. The standard InChI is InChI=1S/C15H31N3O/c1-12(15(2,3)11-18(4)5)17-14(19)7-6-13-8-9-16-10-13/h12-13,16H,6-11H2,1-5H3,(H,17,19). The van der Waals surface area contributed by atoms with E-state index in [0.717, 1.165) is 26.1 Å². The molecule has 0 aromatic heterocycles. The van der Waals surface area contributed by atoms with Gasteiger partial charge in [-0.25, -0.2) is 0 Å². The molecular weight excluding hydrogens is 238 g/mol. The van der Waals surface area contributed by atoms with Crippen LogP contribution >= 0.6 is 0 Å². The van der Waals surface area contributed by atoms with Crippen LogP contribution in [0.1, 0.15) is 40.0 Å². The van der Waals surface area contributed by atoms with Gasteiger partial charge in [-0.2, -0.15) is 0 Å². The van der Waals surface area contributed by atoms with Crippen LogP contribution in [0.25, 0.3) is 0 Å². The quantitative estimate of drug-likeness (QED) is 0.735. The first-order valence-electron chi connectivity index (χ1n) is 7.46. The van der Waals surface area contributed by atoms with Gasteiger partial charge in [0.15, 0.2) is 0 Å². The summed E-state index contributed by atoms with van der Waals surface area (Å²) in [5, 5.41) is 6.51. The average Bonchev–Trinajstić information content (AvgIpc) is 2.77. The Labute approximate surface area is 118 Å². The molecule has 0 aromatic rings. The van der Waals surface area contributed by atoms with Crippen molar-refractivity contribution in [1.82, 2.24) is 15.5 Å².